The Balaban J connectivity index is 3.68. The largest absolute Gasteiger partial charge is 0.463 e. The highest BCUT2D eigenvalue weighted by atomic mass is 28.3. The van der Waals surface area contributed by atoms with Crippen LogP contribution in [-0.2, 0) is 22.8 Å². The van der Waals surface area contributed by atoms with Crippen molar-refractivity contribution >= 4 is 33.8 Å². The minimum absolute atomic E-state index is 0.281. The highest BCUT2D eigenvalue weighted by Gasteiger charge is 2.15. The third kappa shape index (κ3) is 12.5. The van der Waals surface area contributed by atoms with Gasteiger partial charge in [-0.05, 0) is 38.7 Å². The molecule has 0 aromatic heterocycles. The molecule has 0 aromatic rings. The molecule has 4 radical (unpaired) electrons. The van der Waals surface area contributed by atoms with E-state index in [1.165, 1.54) is 0 Å². The molecule has 8 heteroatoms. The fourth-order valence-electron chi connectivity index (χ4n) is 0.960. The number of hydrogen-bond donors (Lipinski definition) is 0. The standard InChI is InChI=1S/C11H22O5Si3/c1-6-10(12)13-8-7-9-17-14-11(15-18(2)3)16-19(4)5/h6,11H,1,7-9H2,2-5H3. The van der Waals surface area contributed by atoms with Crippen molar-refractivity contribution in [1.29, 1.82) is 0 Å². The third-order valence-electron chi connectivity index (χ3n) is 1.68. The highest BCUT2D eigenvalue weighted by molar-refractivity contribution is 6.49. The Morgan fingerprint density at radius 2 is 1.84 bits per heavy atom. The minimum atomic E-state index is -0.849. The summed E-state index contributed by atoms with van der Waals surface area (Å²) >= 11 is 0. The van der Waals surface area contributed by atoms with Crippen LogP contribution in [-0.4, -0.2) is 46.9 Å². The first-order valence-corrected chi connectivity index (χ1v) is 12.0. The number of rotatable bonds is 11. The van der Waals surface area contributed by atoms with Crippen LogP contribution in [0.15, 0.2) is 12.7 Å². The van der Waals surface area contributed by atoms with Crippen LogP contribution in [0.5, 0.6) is 0 Å². The highest BCUT2D eigenvalue weighted by Crippen LogP contribution is 2.04. The molecule has 0 aliphatic carbocycles. The summed E-state index contributed by atoms with van der Waals surface area (Å²) in [5.41, 5.74) is 0. The van der Waals surface area contributed by atoms with E-state index in [0.717, 1.165) is 18.5 Å². The molecule has 0 atom stereocenters. The van der Waals surface area contributed by atoms with Crippen molar-refractivity contribution in [2.75, 3.05) is 6.61 Å². The van der Waals surface area contributed by atoms with Gasteiger partial charge in [0.15, 0.2) is 0 Å². The van der Waals surface area contributed by atoms with Crippen LogP contribution >= 0.6 is 0 Å². The van der Waals surface area contributed by atoms with Gasteiger partial charge < -0.3 is 18.0 Å². The summed E-state index contributed by atoms with van der Waals surface area (Å²) in [5.74, 6) is -0.387. The monoisotopic (exact) mass is 318 g/mol. The molecule has 108 valence electrons. The molecule has 5 nitrogen and oxygen atoms in total. The van der Waals surface area contributed by atoms with E-state index in [1.807, 2.05) is 26.2 Å². The quantitative estimate of drug-likeness (QED) is 0.192. The van der Waals surface area contributed by atoms with Gasteiger partial charge in [0, 0.05) is 6.08 Å². The second-order valence-corrected chi connectivity index (χ2v) is 9.21. The Morgan fingerprint density at radius 1 is 1.26 bits per heavy atom. The number of ether oxygens (including phenoxy) is 1. The Bertz CT molecular complexity index is 251. The maximum atomic E-state index is 10.8. The Hall–Kier alpha value is -0.259. The van der Waals surface area contributed by atoms with Crippen LogP contribution < -0.4 is 0 Å². The topological polar surface area (TPSA) is 54.0 Å². The van der Waals surface area contributed by atoms with Gasteiger partial charge in [0.1, 0.15) is 0 Å². The first kappa shape index (κ1) is 18.7. The lowest BCUT2D eigenvalue weighted by Crippen LogP contribution is -2.31. The van der Waals surface area contributed by atoms with Crippen LogP contribution in [0.3, 0.4) is 0 Å². The minimum Gasteiger partial charge on any atom is -0.463 e. The molecule has 19 heavy (non-hydrogen) atoms. The summed E-state index contributed by atoms with van der Waals surface area (Å²) in [6, 6.07) is 0.818. The average molecular weight is 319 g/mol. The molecule has 0 aliphatic rings. The second-order valence-electron chi connectivity index (χ2n) is 4.08. The Kier molecular flexibility index (Phi) is 11.4. The van der Waals surface area contributed by atoms with Gasteiger partial charge in [-0.15, -0.1) is 0 Å². The van der Waals surface area contributed by atoms with Gasteiger partial charge in [-0.25, -0.2) is 4.79 Å². The molecule has 0 bridgehead atoms. The number of esters is 1. The Labute approximate surface area is 121 Å². The van der Waals surface area contributed by atoms with Crippen molar-refractivity contribution < 1.29 is 22.8 Å². The van der Waals surface area contributed by atoms with Gasteiger partial charge in [-0.3, -0.25) is 0 Å². The van der Waals surface area contributed by atoms with Crippen molar-refractivity contribution in [3.63, 3.8) is 0 Å². The summed E-state index contributed by atoms with van der Waals surface area (Å²) in [7, 11) is -1.42. The van der Waals surface area contributed by atoms with Crippen molar-refractivity contribution in [3.05, 3.63) is 12.7 Å². The van der Waals surface area contributed by atoms with Gasteiger partial charge in [-0.2, -0.15) is 0 Å². The predicted molar refractivity (Wildman–Crippen MR) is 78.3 cm³/mol. The molecule has 0 heterocycles. The summed E-state index contributed by atoms with van der Waals surface area (Å²) in [6.07, 6.45) is 1.92. The van der Waals surface area contributed by atoms with Gasteiger partial charge in [0.05, 0.1) is 6.61 Å². The molecule has 0 amide bonds. The second kappa shape index (κ2) is 11.6. The molecular weight excluding hydrogens is 296 g/mol. The zero-order valence-corrected chi connectivity index (χ0v) is 15.0. The van der Waals surface area contributed by atoms with E-state index < -0.39 is 24.6 Å². The third-order valence-corrected chi connectivity index (χ3v) is 3.92. The molecule has 0 fully saturated rings. The summed E-state index contributed by atoms with van der Waals surface area (Å²) in [5, 5.41) is 0. The lowest BCUT2D eigenvalue weighted by molar-refractivity contribution is -0.146. The Morgan fingerprint density at radius 3 is 2.32 bits per heavy atom. The van der Waals surface area contributed by atoms with Crippen molar-refractivity contribution in [2.45, 2.75) is 45.1 Å². The van der Waals surface area contributed by atoms with E-state index >= 15 is 0 Å². The van der Waals surface area contributed by atoms with Crippen molar-refractivity contribution in [3.8, 4) is 0 Å². The van der Waals surface area contributed by atoms with E-state index in [0.29, 0.717) is 6.61 Å². The van der Waals surface area contributed by atoms with Gasteiger partial charge in [0.25, 0.3) is 0 Å². The van der Waals surface area contributed by atoms with Crippen molar-refractivity contribution in [1.82, 2.24) is 0 Å². The predicted octanol–water partition coefficient (Wildman–Crippen LogP) is 1.98. The SMILES string of the molecule is C=CC(=O)OCCC[Si]OC(O[Si](C)C)O[Si](C)C. The first-order chi connectivity index (χ1) is 8.95. The molecule has 0 aliphatic heterocycles. The van der Waals surface area contributed by atoms with Gasteiger partial charge in [-0.1, -0.05) is 6.58 Å². The average Bonchev–Trinajstić information content (AvgIpc) is 2.31. The van der Waals surface area contributed by atoms with Gasteiger partial charge in [0.2, 0.25) is 34.3 Å². The normalized spacial score (nSPS) is 11.3. The molecule has 0 saturated carbocycles. The maximum Gasteiger partial charge on any atom is 0.330 e. The van der Waals surface area contributed by atoms with E-state index in [-0.39, 0.29) is 15.7 Å². The molecule has 0 N–H and O–H groups in total. The number of carbonyl (C=O) groups excluding carboxylic acids is 1. The van der Waals surface area contributed by atoms with Crippen LogP contribution in [0.4, 0.5) is 0 Å². The smallest absolute Gasteiger partial charge is 0.330 e. The molecule has 0 aromatic carbocycles. The fraction of sp³-hybridized carbons (Fsp3) is 0.727. The van der Waals surface area contributed by atoms with Crippen LogP contribution in [0, 0.1) is 0 Å². The van der Waals surface area contributed by atoms with Crippen LogP contribution in [0.2, 0.25) is 32.2 Å². The van der Waals surface area contributed by atoms with Gasteiger partial charge >= 0.3 is 5.97 Å². The zero-order valence-electron chi connectivity index (χ0n) is 12.0. The van der Waals surface area contributed by atoms with E-state index in [9.17, 15) is 4.79 Å². The van der Waals surface area contributed by atoms with Crippen LogP contribution in [0.25, 0.3) is 0 Å². The fourth-order valence-corrected chi connectivity index (χ4v) is 2.85. The maximum absolute atomic E-state index is 10.8. The number of hydrogen-bond acceptors (Lipinski definition) is 5. The van der Waals surface area contributed by atoms with E-state index in [2.05, 4.69) is 6.58 Å². The molecule has 0 unspecified atom stereocenters. The molecule has 0 rings (SSSR count). The lowest BCUT2D eigenvalue weighted by Gasteiger charge is -2.22. The first-order valence-electron chi connectivity index (χ1n) is 6.07. The van der Waals surface area contributed by atoms with Crippen molar-refractivity contribution in [2.24, 2.45) is 0 Å². The lowest BCUT2D eigenvalue weighted by atomic mass is 10.5. The summed E-state index contributed by atoms with van der Waals surface area (Å²) < 4.78 is 21.7. The van der Waals surface area contributed by atoms with Crippen LogP contribution in [0.1, 0.15) is 6.42 Å². The zero-order chi connectivity index (χ0) is 14.7. The number of carbonyl (C=O) groups is 1. The van der Waals surface area contributed by atoms with E-state index in [1.54, 1.807) is 0 Å². The summed E-state index contributed by atoms with van der Waals surface area (Å²) in [4.78, 5) is 10.8. The molecule has 0 spiro atoms. The molecular formula is C11H22O5Si3. The molecule has 0 saturated heterocycles. The summed E-state index contributed by atoms with van der Waals surface area (Å²) in [6.45, 7) is 11.3. The van der Waals surface area contributed by atoms with E-state index in [4.69, 9.17) is 18.0 Å².